The number of anilines is 1. The molecule has 1 N–H and O–H groups in total. The summed E-state index contributed by atoms with van der Waals surface area (Å²) in [6, 6.07) is 23.8. The molecule has 1 aliphatic heterocycles. The topological polar surface area (TPSA) is 42.3 Å². The second-order valence-corrected chi connectivity index (χ2v) is 9.13. The lowest BCUT2D eigenvalue weighted by Crippen LogP contribution is -2.30. The summed E-state index contributed by atoms with van der Waals surface area (Å²) >= 11 is 12.2. The number of aromatic nitrogens is 2. The van der Waals surface area contributed by atoms with Gasteiger partial charge in [0.25, 0.3) is 0 Å². The first kappa shape index (κ1) is 22.4. The number of nitrogens with zero attached hydrogens (tertiary/aromatic N) is 3. The summed E-state index contributed by atoms with van der Waals surface area (Å²) in [5, 5.41) is 4.87. The third kappa shape index (κ3) is 3.83. The van der Waals surface area contributed by atoms with Crippen LogP contribution in [0.2, 0.25) is 5.02 Å². The average Bonchev–Trinajstić information content (AvgIpc) is 3.34. The molecule has 1 fully saturated rings. The fourth-order valence-electron chi connectivity index (χ4n) is 4.86. The number of rotatable bonds is 5. The van der Waals surface area contributed by atoms with Crippen LogP contribution in [0.15, 0.2) is 79.0 Å². The van der Waals surface area contributed by atoms with Crippen molar-refractivity contribution in [2.45, 2.75) is 25.9 Å². The minimum Gasteiger partial charge on any atom is -0.495 e. The molecule has 1 saturated heterocycles. The van der Waals surface area contributed by atoms with Crippen LogP contribution in [0.1, 0.15) is 34.7 Å². The van der Waals surface area contributed by atoms with Gasteiger partial charge in [-0.3, -0.25) is 4.98 Å². The molecule has 7 heteroatoms. The molecule has 0 unspecified atom stereocenters. The van der Waals surface area contributed by atoms with Gasteiger partial charge in [0.05, 0.1) is 30.6 Å². The largest absolute Gasteiger partial charge is 0.495 e. The van der Waals surface area contributed by atoms with Gasteiger partial charge in [-0.15, -0.1) is 0 Å². The number of benzene rings is 2. The van der Waals surface area contributed by atoms with Crippen molar-refractivity contribution in [3.8, 4) is 11.4 Å². The molecule has 0 radical (unpaired) electrons. The molecule has 5 nitrogen and oxygen atoms in total. The monoisotopic (exact) mass is 488 g/mol. The summed E-state index contributed by atoms with van der Waals surface area (Å²) < 4.78 is 7.94. The molecule has 1 aliphatic rings. The first-order chi connectivity index (χ1) is 16.5. The first-order valence-corrected chi connectivity index (χ1v) is 11.9. The lowest BCUT2D eigenvalue weighted by molar-refractivity contribution is 0.414. The number of aryl methyl sites for hydroxylation is 1. The highest BCUT2D eigenvalue weighted by Crippen LogP contribution is 2.46. The number of thiocarbonyl (C=S) groups is 1. The van der Waals surface area contributed by atoms with Crippen LogP contribution >= 0.6 is 23.8 Å². The molecule has 2 atom stereocenters. The second kappa shape index (κ2) is 9.12. The number of hydrogen-bond acceptors (Lipinski definition) is 3. The van der Waals surface area contributed by atoms with Crippen molar-refractivity contribution in [2.24, 2.45) is 0 Å². The van der Waals surface area contributed by atoms with E-state index < -0.39 is 0 Å². The Labute approximate surface area is 210 Å². The third-order valence-electron chi connectivity index (χ3n) is 6.30. The fourth-order valence-corrected chi connectivity index (χ4v) is 5.38. The third-order valence-corrected chi connectivity index (χ3v) is 6.85. The van der Waals surface area contributed by atoms with Crippen LogP contribution in [0, 0.1) is 13.8 Å². The van der Waals surface area contributed by atoms with Crippen LogP contribution in [0.25, 0.3) is 5.69 Å². The van der Waals surface area contributed by atoms with E-state index in [9.17, 15) is 0 Å². The smallest absolute Gasteiger partial charge is 0.174 e. The molecular weight excluding hydrogens is 464 g/mol. The van der Waals surface area contributed by atoms with Crippen molar-refractivity contribution in [3.63, 3.8) is 0 Å². The van der Waals surface area contributed by atoms with Crippen molar-refractivity contribution >= 4 is 34.6 Å². The summed E-state index contributed by atoms with van der Waals surface area (Å²) in [7, 11) is 1.68. The predicted molar refractivity (Wildman–Crippen MR) is 141 cm³/mol. The summed E-state index contributed by atoms with van der Waals surface area (Å²) in [4.78, 5) is 6.82. The van der Waals surface area contributed by atoms with Crippen LogP contribution in [-0.2, 0) is 0 Å². The van der Waals surface area contributed by atoms with Crippen LogP contribution in [0.3, 0.4) is 0 Å². The van der Waals surface area contributed by atoms with E-state index in [1.54, 1.807) is 7.11 Å². The Bertz CT molecular complexity index is 1350. The highest BCUT2D eigenvalue weighted by Gasteiger charge is 2.43. The van der Waals surface area contributed by atoms with Gasteiger partial charge < -0.3 is 19.5 Å². The Morgan fingerprint density at radius 1 is 1.00 bits per heavy atom. The van der Waals surface area contributed by atoms with Gasteiger partial charge in [-0.25, -0.2) is 0 Å². The molecule has 34 heavy (non-hydrogen) atoms. The van der Waals surface area contributed by atoms with Crippen LogP contribution < -0.4 is 15.0 Å². The van der Waals surface area contributed by atoms with Crippen LogP contribution in [0.4, 0.5) is 5.69 Å². The Morgan fingerprint density at radius 2 is 1.79 bits per heavy atom. The number of para-hydroxylation sites is 2. The Morgan fingerprint density at radius 3 is 2.53 bits per heavy atom. The van der Waals surface area contributed by atoms with Crippen LogP contribution in [0.5, 0.6) is 5.75 Å². The van der Waals surface area contributed by atoms with E-state index in [1.165, 1.54) is 0 Å². The summed E-state index contributed by atoms with van der Waals surface area (Å²) in [6.45, 7) is 4.25. The van der Waals surface area contributed by atoms with E-state index in [0.717, 1.165) is 39.8 Å². The molecule has 2 aromatic heterocycles. The quantitative estimate of drug-likeness (QED) is 0.332. The van der Waals surface area contributed by atoms with E-state index in [4.69, 9.17) is 28.6 Å². The average molecular weight is 489 g/mol. The van der Waals surface area contributed by atoms with Gasteiger partial charge in [0, 0.05) is 28.3 Å². The Hall–Kier alpha value is -3.35. The zero-order chi connectivity index (χ0) is 23.8. The number of halogens is 1. The van der Waals surface area contributed by atoms with Gasteiger partial charge in [-0.1, -0.05) is 35.9 Å². The van der Waals surface area contributed by atoms with E-state index in [1.807, 2.05) is 66.9 Å². The predicted octanol–water partition coefficient (Wildman–Crippen LogP) is 6.33. The number of ether oxygens (including phenoxy) is 1. The standard InChI is InChI=1S/C27H25ClN4OS/c1-17-15-21(18(2)31(17)20-10-8-9-19(28)16-20)26-25(22-11-6-7-14-29-22)30-27(34)32(26)23-12-4-5-13-24(23)33-3/h4-16,25-26H,1-3H3,(H,30,34)/t25-,26+/m0/s1. The molecule has 0 spiro atoms. The number of nitrogens with one attached hydrogen (secondary N) is 1. The lowest BCUT2D eigenvalue weighted by atomic mass is 9.96. The minimum atomic E-state index is -0.132. The molecule has 5 rings (SSSR count). The summed E-state index contributed by atoms with van der Waals surface area (Å²) in [6.07, 6.45) is 1.82. The molecule has 0 amide bonds. The fraction of sp³-hybridized carbons (Fsp3) is 0.185. The molecule has 3 heterocycles. The Balaban J connectivity index is 1.71. The van der Waals surface area contributed by atoms with Gasteiger partial charge in [0.1, 0.15) is 5.75 Å². The molecule has 4 aromatic rings. The molecule has 0 bridgehead atoms. The molecule has 0 aliphatic carbocycles. The molecule has 172 valence electrons. The van der Waals surface area contributed by atoms with Crippen molar-refractivity contribution in [1.29, 1.82) is 0 Å². The highest BCUT2D eigenvalue weighted by molar-refractivity contribution is 7.80. The Kier molecular flexibility index (Phi) is 6.02. The number of methoxy groups -OCH3 is 1. The van der Waals surface area contributed by atoms with Crippen molar-refractivity contribution in [3.05, 3.63) is 107 Å². The molecule has 0 saturated carbocycles. The number of hydrogen-bond donors (Lipinski definition) is 1. The first-order valence-electron chi connectivity index (χ1n) is 11.1. The highest BCUT2D eigenvalue weighted by atomic mass is 35.5. The van der Waals surface area contributed by atoms with Crippen molar-refractivity contribution in [1.82, 2.24) is 14.9 Å². The zero-order valence-electron chi connectivity index (χ0n) is 19.2. The molecule has 2 aromatic carbocycles. The maximum Gasteiger partial charge on any atom is 0.174 e. The van der Waals surface area contributed by atoms with Crippen molar-refractivity contribution in [2.75, 3.05) is 12.0 Å². The van der Waals surface area contributed by atoms with E-state index >= 15 is 0 Å². The van der Waals surface area contributed by atoms with Gasteiger partial charge >= 0.3 is 0 Å². The lowest BCUT2D eigenvalue weighted by Gasteiger charge is -2.29. The van der Waals surface area contributed by atoms with E-state index in [2.05, 4.69) is 45.7 Å². The maximum absolute atomic E-state index is 6.32. The van der Waals surface area contributed by atoms with E-state index in [0.29, 0.717) is 10.1 Å². The van der Waals surface area contributed by atoms with Gasteiger partial charge in [-0.05, 0) is 80.2 Å². The maximum atomic E-state index is 6.32. The van der Waals surface area contributed by atoms with Crippen LogP contribution in [-0.4, -0.2) is 21.8 Å². The normalized spacial score (nSPS) is 17.6. The number of pyridine rings is 1. The second-order valence-electron chi connectivity index (χ2n) is 8.31. The van der Waals surface area contributed by atoms with E-state index in [-0.39, 0.29) is 12.1 Å². The van der Waals surface area contributed by atoms with Gasteiger partial charge in [0.15, 0.2) is 5.11 Å². The van der Waals surface area contributed by atoms with Gasteiger partial charge in [0.2, 0.25) is 0 Å². The molecular formula is C27H25ClN4OS. The SMILES string of the molecule is COc1ccccc1N1C(=S)N[C@@H](c2ccccn2)[C@H]1c1cc(C)n(-c2cccc(Cl)c2)c1C. The van der Waals surface area contributed by atoms with Gasteiger partial charge in [-0.2, -0.15) is 0 Å². The zero-order valence-corrected chi connectivity index (χ0v) is 20.8. The van der Waals surface area contributed by atoms with Crippen molar-refractivity contribution < 1.29 is 4.74 Å². The minimum absolute atomic E-state index is 0.127. The summed E-state index contributed by atoms with van der Waals surface area (Å²) in [5.74, 6) is 0.766. The summed E-state index contributed by atoms with van der Waals surface area (Å²) in [5.41, 5.74) is 6.27.